The van der Waals surface area contributed by atoms with Gasteiger partial charge in [-0.2, -0.15) is 23.5 Å². The van der Waals surface area contributed by atoms with Crippen LogP contribution >= 0.6 is 0 Å². The van der Waals surface area contributed by atoms with E-state index in [-0.39, 0.29) is 22.8 Å². The van der Waals surface area contributed by atoms with E-state index in [4.69, 9.17) is 5.26 Å². The van der Waals surface area contributed by atoms with E-state index in [9.17, 15) is 22.2 Å². The maximum atomic E-state index is 13.8. The zero-order valence-electron chi connectivity index (χ0n) is 18.6. The standard InChI is InChI=1S/C24H18F3N5O2S/c1-14-21(22(24(25,26)27)31-32(14)13-16-9-7-15(12-28)8-10-16)30-23(33)18-11-20(35(2)34)29-19-6-4-3-5-17(18)19/h3-11H,13H2,1-2H3,(H,30,33). The van der Waals surface area contributed by atoms with E-state index in [0.29, 0.717) is 22.0 Å². The van der Waals surface area contributed by atoms with Crippen molar-refractivity contribution in [2.75, 3.05) is 11.6 Å². The van der Waals surface area contributed by atoms with E-state index in [1.807, 2.05) is 6.07 Å². The largest absolute Gasteiger partial charge is 0.437 e. The fourth-order valence-corrected chi connectivity index (χ4v) is 4.08. The zero-order valence-corrected chi connectivity index (χ0v) is 19.4. The molecule has 7 nitrogen and oxygen atoms in total. The quantitative estimate of drug-likeness (QED) is 0.432. The summed E-state index contributed by atoms with van der Waals surface area (Å²) in [5.41, 5.74) is -0.0791. The number of rotatable bonds is 5. The first-order valence-electron chi connectivity index (χ1n) is 10.3. The van der Waals surface area contributed by atoms with Gasteiger partial charge in [-0.1, -0.05) is 30.3 Å². The van der Waals surface area contributed by atoms with Gasteiger partial charge in [0.1, 0.15) is 5.03 Å². The van der Waals surface area contributed by atoms with Crippen molar-refractivity contribution in [1.82, 2.24) is 14.8 Å². The molecule has 1 amide bonds. The van der Waals surface area contributed by atoms with Gasteiger partial charge in [-0.3, -0.25) is 13.7 Å². The van der Waals surface area contributed by atoms with Crippen LogP contribution in [0.15, 0.2) is 59.6 Å². The van der Waals surface area contributed by atoms with Gasteiger partial charge in [0.05, 0.1) is 51.4 Å². The number of pyridine rings is 1. The molecule has 0 saturated carbocycles. The number of anilines is 1. The van der Waals surface area contributed by atoms with Gasteiger partial charge in [-0.05, 0) is 36.8 Å². The first-order chi connectivity index (χ1) is 16.6. The molecule has 4 aromatic rings. The number of amides is 1. The van der Waals surface area contributed by atoms with Crippen LogP contribution in [-0.2, 0) is 23.5 Å². The van der Waals surface area contributed by atoms with Gasteiger partial charge in [-0.25, -0.2) is 4.98 Å². The average Bonchev–Trinajstić information content (AvgIpc) is 3.14. The van der Waals surface area contributed by atoms with Gasteiger partial charge in [0.15, 0.2) is 5.69 Å². The van der Waals surface area contributed by atoms with Crippen LogP contribution in [0, 0.1) is 18.3 Å². The molecule has 178 valence electrons. The summed E-state index contributed by atoms with van der Waals surface area (Å²) in [5, 5.41) is 15.6. The van der Waals surface area contributed by atoms with Gasteiger partial charge >= 0.3 is 6.18 Å². The lowest BCUT2D eigenvalue weighted by Crippen LogP contribution is -2.17. The highest BCUT2D eigenvalue weighted by atomic mass is 32.2. The van der Waals surface area contributed by atoms with Crippen molar-refractivity contribution in [2.24, 2.45) is 0 Å². The summed E-state index contributed by atoms with van der Waals surface area (Å²) < 4.78 is 54.7. The average molecular weight is 498 g/mol. The molecule has 1 N–H and O–H groups in total. The lowest BCUT2D eigenvalue weighted by Gasteiger charge is -2.11. The second-order valence-corrected chi connectivity index (χ2v) is 9.03. The number of hydrogen-bond donors (Lipinski definition) is 1. The Morgan fingerprint density at radius 1 is 1.17 bits per heavy atom. The number of carbonyl (C=O) groups is 1. The molecule has 0 saturated heterocycles. The van der Waals surface area contributed by atoms with Crippen LogP contribution in [0.25, 0.3) is 10.9 Å². The number of fused-ring (bicyclic) bond motifs is 1. The molecule has 2 aromatic heterocycles. The molecule has 2 heterocycles. The molecule has 0 bridgehead atoms. The van der Waals surface area contributed by atoms with Crippen LogP contribution in [-0.4, -0.2) is 31.1 Å². The Morgan fingerprint density at radius 3 is 2.49 bits per heavy atom. The summed E-state index contributed by atoms with van der Waals surface area (Å²) in [6, 6.07) is 16.3. The lowest BCUT2D eigenvalue weighted by molar-refractivity contribution is -0.140. The van der Waals surface area contributed by atoms with E-state index < -0.39 is 34.3 Å². The van der Waals surface area contributed by atoms with E-state index in [0.717, 1.165) is 4.68 Å². The summed E-state index contributed by atoms with van der Waals surface area (Å²) in [5.74, 6) is -0.804. The summed E-state index contributed by atoms with van der Waals surface area (Å²) in [6.07, 6.45) is -3.42. The Hall–Kier alpha value is -4.04. The minimum Gasteiger partial charge on any atom is -0.319 e. The maximum absolute atomic E-state index is 13.8. The third kappa shape index (κ3) is 4.93. The predicted octanol–water partition coefficient (Wildman–Crippen LogP) is 4.67. The van der Waals surface area contributed by atoms with Crippen molar-refractivity contribution in [3.63, 3.8) is 0 Å². The first kappa shape index (κ1) is 24.1. The summed E-state index contributed by atoms with van der Waals surface area (Å²) >= 11 is 0. The fraction of sp³-hybridized carbons (Fsp3) is 0.167. The number of nitrogens with zero attached hydrogens (tertiary/aromatic N) is 4. The van der Waals surface area contributed by atoms with Crippen molar-refractivity contribution < 1.29 is 22.2 Å². The molecule has 11 heteroatoms. The van der Waals surface area contributed by atoms with E-state index in [1.165, 1.54) is 19.2 Å². The number of carbonyl (C=O) groups excluding carboxylic acids is 1. The van der Waals surface area contributed by atoms with Crippen LogP contribution < -0.4 is 5.32 Å². The van der Waals surface area contributed by atoms with E-state index in [2.05, 4.69) is 15.4 Å². The van der Waals surface area contributed by atoms with Crippen LogP contribution in [0.2, 0.25) is 0 Å². The second kappa shape index (κ2) is 9.31. The van der Waals surface area contributed by atoms with Gasteiger partial charge in [0.25, 0.3) is 5.91 Å². The molecule has 1 unspecified atom stereocenters. The lowest BCUT2D eigenvalue weighted by atomic mass is 10.1. The van der Waals surface area contributed by atoms with Crippen molar-refractivity contribution in [2.45, 2.75) is 24.7 Å². The minimum atomic E-state index is -4.82. The van der Waals surface area contributed by atoms with Gasteiger partial charge in [0.2, 0.25) is 0 Å². The van der Waals surface area contributed by atoms with Crippen molar-refractivity contribution in [3.05, 3.63) is 82.7 Å². The highest BCUT2D eigenvalue weighted by Crippen LogP contribution is 2.36. The minimum absolute atomic E-state index is 0.00758. The molecule has 0 aliphatic carbocycles. The Labute approximate surface area is 200 Å². The van der Waals surface area contributed by atoms with Crippen molar-refractivity contribution in [1.29, 1.82) is 5.26 Å². The van der Waals surface area contributed by atoms with Crippen molar-refractivity contribution >= 4 is 33.3 Å². The third-order valence-electron chi connectivity index (χ3n) is 5.36. The van der Waals surface area contributed by atoms with E-state index >= 15 is 0 Å². The Bertz CT molecular complexity index is 1500. The number of benzene rings is 2. The SMILES string of the molecule is Cc1c(NC(=O)c2cc(S(C)=O)nc3ccccc23)c(C(F)(F)F)nn1Cc1ccc(C#N)cc1. The Balaban J connectivity index is 1.75. The third-order valence-corrected chi connectivity index (χ3v) is 6.16. The Kier molecular flexibility index (Phi) is 6.41. The van der Waals surface area contributed by atoms with Crippen LogP contribution in [0.1, 0.15) is 32.9 Å². The zero-order chi connectivity index (χ0) is 25.3. The van der Waals surface area contributed by atoms with Gasteiger partial charge < -0.3 is 5.32 Å². The molecule has 0 spiro atoms. The molecule has 2 aromatic carbocycles. The number of alkyl halides is 3. The number of para-hydroxylation sites is 1. The molecule has 0 fully saturated rings. The van der Waals surface area contributed by atoms with E-state index in [1.54, 1.807) is 48.5 Å². The number of nitriles is 1. The molecular weight excluding hydrogens is 479 g/mol. The number of halogens is 3. The molecule has 4 rings (SSSR count). The molecule has 1 atom stereocenters. The summed E-state index contributed by atoms with van der Waals surface area (Å²) in [4.78, 5) is 17.5. The maximum Gasteiger partial charge on any atom is 0.437 e. The molecular formula is C24H18F3N5O2S. The highest BCUT2D eigenvalue weighted by molar-refractivity contribution is 7.84. The normalized spacial score (nSPS) is 12.3. The molecule has 35 heavy (non-hydrogen) atoms. The topological polar surface area (TPSA) is 101 Å². The Morgan fingerprint density at radius 2 is 1.86 bits per heavy atom. The van der Waals surface area contributed by atoms with Gasteiger partial charge in [-0.15, -0.1) is 0 Å². The van der Waals surface area contributed by atoms with Crippen LogP contribution in [0.3, 0.4) is 0 Å². The molecule has 0 aliphatic rings. The predicted molar refractivity (Wildman–Crippen MR) is 124 cm³/mol. The smallest absolute Gasteiger partial charge is 0.319 e. The van der Waals surface area contributed by atoms with Crippen LogP contribution in [0.5, 0.6) is 0 Å². The fourth-order valence-electron chi connectivity index (χ4n) is 3.57. The summed E-state index contributed by atoms with van der Waals surface area (Å²) in [7, 11) is -1.51. The molecule has 0 aliphatic heterocycles. The number of hydrogen-bond acceptors (Lipinski definition) is 5. The van der Waals surface area contributed by atoms with Crippen molar-refractivity contribution in [3.8, 4) is 6.07 Å². The monoisotopic (exact) mass is 497 g/mol. The highest BCUT2D eigenvalue weighted by Gasteiger charge is 2.39. The summed E-state index contributed by atoms with van der Waals surface area (Å²) in [6.45, 7) is 1.44. The second-order valence-electron chi connectivity index (χ2n) is 7.71. The number of nitrogens with one attached hydrogen (secondary N) is 1. The number of aromatic nitrogens is 3. The first-order valence-corrected chi connectivity index (χ1v) is 11.8. The van der Waals surface area contributed by atoms with Crippen LogP contribution in [0.4, 0.5) is 18.9 Å². The van der Waals surface area contributed by atoms with Gasteiger partial charge in [0, 0.05) is 11.6 Å². The molecule has 0 radical (unpaired) electrons.